The summed E-state index contributed by atoms with van der Waals surface area (Å²) in [6.45, 7) is 4.58. The molecule has 4 heteroatoms. The molecule has 1 rings (SSSR count). The van der Waals surface area contributed by atoms with Gasteiger partial charge in [-0.3, -0.25) is 0 Å². The topological polar surface area (TPSA) is 46.2 Å². The lowest BCUT2D eigenvalue weighted by atomic mass is 10.0. The Morgan fingerprint density at radius 3 is 2.50 bits per heavy atom. The lowest BCUT2D eigenvalue weighted by Gasteiger charge is -2.08. The molecule has 3 nitrogen and oxygen atoms in total. The van der Waals surface area contributed by atoms with Crippen molar-refractivity contribution in [3.63, 3.8) is 0 Å². The highest BCUT2D eigenvalue weighted by atomic mass is 32.2. The van der Waals surface area contributed by atoms with Gasteiger partial charge in [0.05, 0.1) is 6.26 Å². The second kappa shape index (κ2) is 5.46. The maximum absolute atomic E-state index is 10.9. The molecule has 1 N–H and O–H groups in total. The van der Waals surface area contributed by atoms with Crippen LogP contribution in [0.4, 0.5) is 0 Å². The number of aryl methyl sites for hydroxylation is 2. The first-order valence-electron chi connectivity index (χ1n) is 5.45. The van der Waals surface area contributed by atoms with Crippen LogP contribution in [-0.2, 0) is 23.0 Å². The molecule has 0 aliphatic heterocycles. The molecule has 0 aliphatic rings. The Balaban J connectivity index is 2.73. The van der Waals surface area contributed by atoms with Gasteiger partial charge in [0, 0.05) is 6.54 Å². The second-order valence-electron chi connectivity index (χ2n) is 4.10. The molecule has 0 radical (unpaired) electrons. The molecule has 0 atom stereocenters. The van der Waals surface area contributed by atoms with Crippen molar-refractivity contribution in [2.45, 2.75) is 33.2 Å². The van der Waals surface area contributed by atoms with Crippen molar-refractivity contribution in [3.05, 3.63) is 34.9 Å². The molecular weight excluding hydrogens is 222 g/mol. The first-order valence-corrected chi connectivity index (χ1v) is 7.34. The van der Waals surface area contributed by atoms with Gasteiger partial charge in [-0.05, 0) is 30.0 Å². The van der Waals surface area contributed by atoms with Gasteiger partial charge < -0.3 is 0 Å². The van der Waals surface area contributed by atoms with Crippen LogP contribution in [0.2, 0.25) is 0 Å². The Morgan fingerprint density at radius 2 is 2.00 bits per heavy atom. The average Bonchev–Trinajstić information content (AvgIpc) is 2.18. The molecule has 1 aromatic carbocycles. The summed E-state index contributed by atoms with van der Waals surface area (Å²) in [5, 5.41) is 0. The van der Waals surface area contributed by atoms with Crippen molar-refractivity contribution in [3.8, 4) is 0 Å². The van der Waals surface area contributed by atoms with Crippen LogP contribution in [-0.4, -0.2) is 14.7 Å². The molecule has 0 unspecified atom stereocenters. The minimum Gasteiger partial charge on any atom is -0.213 e. The maximum atomic E-state index is 10.9. The highest BCUT2D eigenvalue weighted by Crippen LogP contribution is 2.13. The van der Waals surface area contributed by atoms with Gasteiger partial charge in [-0.1, -0.05) is 31.5 Å². The first-order chi connectivity index (χ1) is 7.42. The highest BCUT2D eigenvalue weighted by molar-refractivity contribution is 7.88. The quantitative estimate of drug-likeness (QED) is 0.857. The van der Waals surface area contributed by atoms with E-state index in [1.54, 1.807) is 0 Å². The number of hydrogen-bond donors (Lipinski definition) is 1. The Hall–Kier alpha value is -0.870. The number of benzene rings is 1. The van der Waals surface area contributed by atoms with E-state index in [1.165, 1.54) is 17.4 Å². The summed E-state index contributed by atoms with van der Waals surface area (Å²) < 4.78 is 24.4. The fourth-order valence-electron chi connectivity index (χ4n) is 1.63. The van der Waals surface area contributed by atoms with E-state index >= 15 is 0 Å². The lowest BCUT2D eigenvalue weighted by molar-refractivity contribution is 0.587. The lowest BCUT2D eigenvalue weighted by Crippen LogP contribution is -2.21. The summed E-state index contributed by atoms with van der Waals surface area (Å²) in [6.07, 6.45) is 3.37. The minimum absolute atomic E-state index is 0.367. The third-order valence-corrected chi connectivity index (χ3v) is 3.13. The SMILES string of the molecule is CCCc1ccc(CNS(C)(=O)=O)cc1C. The second-order valence-corrected chi connectivity index (χ2v) is 5.94. The molecule has 0 heterocycles. The molecular formula is C12H19NO2S. The fraction of sp³-hybridized carbons (Fsp3) is 0.500. The van der Waals surface area contributed by atoms with Crippen LogP contribution in [0.3, 0.4) is 0 Å². The molecule has 0 bridgehead atoms. The van der Waals surface area contributed by atoms with Crippen LogP contribution < -0.4 is 4.72 Å². The van der Waals surface area contributed by atoms with Gasteiger partial charge in [0.2, 0.25) is 10.0 Å². The molecule has 0 aliphatic carbocycles. The van der Waals surface area contributed by atoms with Crippen LogP contribution in [0.15, 0.2) is 18.2 Å². The van der Waals surface area contributed by atoms with Gasteiger partial charge in [0.15, 0.2) is 0 Å². The van der Waals surface area contributed by atoms with Gasteiger partial charge in [0.1, 0.15) is 0 Å². The Morgan fingerprint density at radius 1 is 1.31 bits per heavy atom. The van der Waals surface area contributed by atoms with Crippen LogP contribution >= 0.6 is 0 Å². The average molecular weight is 241 g/mol. The molecule has 16 heavy (non-hydrogen) atoms. The number of hydrogen-bond acceptors (Lipinski definition) is 2. The first kappa shape index (κ1) is 13.2. The van der Waals surface area contributed by atoms with Crippen molar-refractivity contribution in [2.75, 3.05) is 6.26 Å². The largest absolute Gasteiger partial charge is 0.213 e. The highest BCUT2D eigenvalue weighted by Gasteiger charge is 2.03. The monoisotopic (exact) mass is 241 g/mol. The normalized spacial score (nSPS) is 11.7. The zero-order valence-electron chi connectivity index (χ0n) is 10.1. The summed E-state index contributed by atoms with van der Waals surface area (Å²) in [4.78, 5) is 0. The molecule has 90 valence electrons. The van der Waals surface area contributed by atoms with Crippen molar-refractivity contribution in [2.24, 2.45) is 0 Å². The molecule has 0 saturated heterocycles. The van der Waals surface area contributed by atoms with Gasteiger partial charge >= 0.3 is 0 Å². The van der Waals surface area contributed by atoms with Crippen molar-refractivity contribution in [1.29, 1.82) is 0 Å². The molecule has 0 fully saturated rings. The van der Waals surface area contributed by atoms with Gasteiger partial charge in [-0.2, -0.15) is 0 Å². The van der Waals surface area contributed by atoms with E-state index in [-0.39, 0.29) is 0 Å². The fourth-order valence-corrected chi connectivity index (χ4v) is 2.06. The summed E-state index contributed by atoms with van der Waals surface area (Å²) in [6, 6.07) is 6.11. The minimum atomic E-state index is -3.11. The van der Waals surface area contributed by atoms with Crippen molar-refractivity contribution in [1.82, 2.24) is 4.72 Å². The van der Waals surface area contributed by atoms with E-state index in [9.17, 15) is 8.42 Å². The van der Waals surface area contributed by atoms with Crippen LogP contribution in [0.1, 0.15) is 30.0 Å². The summed E-state index contributed by atoms with van der Waals surface area (Å²) >= 11 is 0. The van der Waals surface area contributed by atoms with Gasteiger partial charge in [-0.15, -0.1) is 0 Å². The zero-order chi connectivity index (χ0) is 12.2. The van der Waals surface area contributed by atoms with E-state index < -0.39 is 10.0 Å². The predicted octanol–water partition coefficient (Wildman–Crippen LogP) is 2.00. The van der Waals surface area contributed by atoms with E-state index in [0.717, 1.165) is 18.4 Å². The molecule has 1 aromatic rings. The Labute approximate surface area is 97.9 Å². The summed E-state index contributed by atoms with van der Waals surface area (Å²) in [5.74, 6) is 0. The van der Waals surface area contributed by atoms with Crippen LogP contribution in [0.25, 0.3) is 0 Å². The van der Waals surface area contributed by atoms with E-state index in [4.69, 9.17) is 0 Å². The van der Waals surface area contributed by atoms with Gasteiger partial charge in [-0.25, -0.2) is 13.1 Å². The summed E-state index contributed by atoms with van der Waals surface area (Å²) in [7, 11) is -3.11. The Kier molecular flexibility index (Phi) is 4.50. The third-order valence-electron chi connectivity index (χ3n) is 2.46. The van der Waals surface area contributed by atoms with Crippen molar-refractivity contribution < 1.29 is 8.42 Å². The van der Waals surface area contributed by atoms with Crippen LogP contribution in [0, 0.1) is 6.92 Å². The summed E-state index contributed by atoms with van der Waals surface area (Å²) in [5.41, 5.74) is 3.57. The van der Waals surface area contributed by atoms with E-state index in [2.05, 4.69) is 24.6 Å². The smallest absolute Gasteiger partial charge is 0.209 e. The molecule has 0 saturated carbocycles. The molecule has 0 aromatic heterocycles. The molecule has 0 amide bonds. The van der Waals surface area contributed by atoms with Gasteiger partial charge in [0.25, 0.3) is 0 Å². The predicted molar refractivity (Wildman–Crippen MR) is 66.9 cm³/mol. The number of sulfonamides is 1. The number of rotatable bonds is 5. The van der Waals surface area contributed by atoms with Crippen LogP contribution in [0.5, 0.6) is 0 Å². The standard InChI is InChI=1S/C12H19NO2S/c1-4-5-12-7-6-11(8-10(12)2)9-13-16(3,14)15/h6-8,13H,4-5,9H2,1-3H3. The van der Waals surface area contributed by atoms with E-state index in [0.29, 0.717) is 6.54 Å². The molecule has 0 spiro atoms. The zero-order valence-corrected chi connectivity index (χ0v) is 10.9. The number of nitrogens with one attached hydrogen (secondary N) is 1. The Bertz CT molecular complexity index is 452. The van der Waals surface area contributed by atoms with E-state index in [1.807, 2.05) is 12.1 Å². The van der Waals surface area contributed by atoms with Crippen molar-refractivity contribution >= 4 is 10.0 Å². The maximum Gasteiger partial charge on any atom is 0.209 e. The third kappa shape index (κ3) is 4.33.